The van der Waals surface area contributed by atoms with Gasteiger partial charge in [0.25, 0.3) is 5.91 Å². The first-order chi connectivity index (χ1) is 19.0. The molecular weight excluding hydrogens is 492 g/mol. The van der Waals surface area contributed by atoms with Crippen molar-refractivity contribution in [3.8, 4) is 0 Å². The quantitative estimate of drug-likeness (QED) is 0.552. The molecule has 2 N–H and O–H groups in total. The molecule has 0 radical (unpaired) electrons. The second-order valence-electron chi connectivity index (χ2n) is 11.1. The summed E-state index contributed by atoms with van der Waals surface area (Å²) in [6, 6.07) is 14.4. The predicted octanol–water partition coefficient (Wildman–Crippen LogP) is 4.47. The summed E-state index contributed by atoms with van der Waals surface area (Å²) in [5.41, 5.74) is 2.72. The Bertz CT molecular complexity index is 1190. The van der Waals surface area contributed by atoms with Gasteiger partial charge in [-0.2, -0.15) is 0 Å². The average molecular weight is 531 g/mol. The average Bonchev–Trinajstić information content (AvgIpc) is 2.93. The number of carbonyl (C=O) groups is 4. The second-order valence-corrected chi connectivity index (χ2v) is 11.1. The molecule has 0 atom stereocenters. The maximum Gasteiger partial charge on any atom is 0.253 e. The van der Waals surface area contributed by atoms with Gasteiger partial charge in [0.1, 0.15) is 0 Å². The van der Waals surface area contributed by atoms with E-state index < -0.39 is 0 Å². The molecule has 4 amide bonds. The Morgan fingerprint density at radius 1 is 0.692 bits per heavy atom. The first kappa shape index (κ1) is 26.9. The van der Waals surface area contributed by atoms with E-state index in [1.807, 2.05) is 34.1 Å². The van der Waals surface area contributed by atoms with Crippen molar-refractivity contribution in [2.24, 2.45) is 11.8 Å². The highest BCUT2D eigenvalue weighted by atomic mass is 16.2. The Morgan fingerprint density at radius 3 is 2.08 bits per heavy atom. The maximum atomic E-state index is 12.8. The minimum Gasteiger partial charge on any atom is -0.342 e. The summed E-state index contributed by atoms with van der Waals surface area (Å²) in [5, 5.41) is 5.88. The molecule has 0 aromatic heterocycles. The molecule has 206 valence electrons. The molecule has 2 aliphatic heterocycles. The fraction of sp³-hybridized carbons (Fsp3) is 0.484. The zero-order valence-corrected chi connectivity index (χ0v) is 22.5. The van der Waals surface area contributed by atoms with Crippen LogP contribution in [0.4, 0.5) is 11.4 Å². The van der Waals surface area contributed by atoms with Crippen LogP contribution in [-0.4, -0.2) is 59.6 Å². The van der Waals surface area contributed by atoms with Crippen molar-refractivity contribution < 1.29 is 19.2 Å². The third kappa shape index (κ3) is 6.85. The molecule has 2 aromatic rings. The first-order valence-corrected chi connectivity index (χ1v) is 14.3. The monoisotopic (exact) mass is 530 g/mol. The van der Waals surface area contributed by atoms with Crippen LogP contribution in [0.15, 0.2) is 48.5 Å². The van der Waals surface area contributed by atoms with Gasteiger partial charge in [-0.3, -0.25) is 19.2 Å². The number of carbonyl (C=O) groups excluding carboxylic acids is 4. The molecule has 1 saturated carbocycles. The number of nitrogens with one attached hydrogen (secondary N) is 2. The molecule has 39 heavy (non-hydrogen) atoms. The lowest BCUT2D eigenvalue weighted by Crippen LogP contribution is -2.45. The minimum atomic E-state index is -0.169. The van der Waals surface area contributed by atoms with E-state index in [-0.39, 0.29) is 41.9 Å². The van der Waals surface area contributed by atoms with E-state index in [0.717, 1.165) is 57.2 Å². The Balaban J connectivity index is 1.08. The van der Waals surface area contributed by atoms with Crippen LogP contribution in [0.1, 0.15) is 67.3 Å². The number of hydrogen-bond acceptors (Lipinski definition) is 4. The summed E-state index contributed by atoms with van der Waals surface area (Å²) >= 11 is 0. The van der Waals surface area contributed by atoms with Crippen molar-refractivity contribution in [2.45, 2.75) is 57.8 Å². The first-order valence-electron chi connectivity index (χ1n) is 14.3. The van der Waals surface area contributed by atoms with Crippen molar-refractivity contribution in [3.63, 3.8) is 0 Å². The van der Waals surface area contributed by atoms with Gasteiger partial charge < -0.3 is 20.4 Å². The smallest absolute Gasteiger partial charge is 0.253 e. The Kier molecular flexibility index (Phi) is 8.59. The van der Waals surface area contributed by atoms with Crippen molar-refractivity contribution in [2.75, 3.05) is 36.8 Å². The van der Waals surface area contributed by atoms with E-state index in [1.54, 1.807) is 24.3 Å². The number of rotatable bonds is 7. The van der Waals surface area contributed by atoms with E-state index in [2.05, 4.69) is 10.6 Å². The molecule has 0 bridgehead atoms. The molecule has 3 aliphatic rings. The van der Waals surface area contributed by atoms with Crippen LogP contribution in [0, 0.1) is 11.8 Å². The number of piperidine rings is 2. The summed E-state index contributed by atoms with van der Waals surface area (Å²) in [6.07, 6.45) is 7.95. The lowest BCUT2D eigenvalue weighted by Gasteiger charge is -2.36. The standard InChI is InChI=1S/C31H38N4O4/c36-28(32-27-9-5-8-25(21-27)31(39)34-16-2-1-3-17-34)20-22-10-12-26(13-11-22)33-29(37)23-14-18-35(19-15-23)30(38)24-6-4-7-24/h5,8-13,21,23-24H,1-4,6-7,14-20H2,(H,32,36)(H,33,37). The maximum absolute atomic E-state index is 12.8. The zero-order chi connectivity index (χ0) is 27.2. The van der Waals surface area contributed by atoms with Gasteiger partial charge in [0.15, 0.2) is 0 Å². The fourth-order valence-electron chi connectivity index (χ4n) is 5.63. The van der Waals surface area contributed by atoms with Gasteiger partial charge in [0.05, 0.1) is 6.42 Å². The topological polar surface area (TPSA) is 98.8 Å². The highest BCUT2D eigenvalue weighted by Crippen LogP contribution is 2.30. The lowest BCUT2D eigenvalue weighted by atomic mass is 9.83. The summed E-state index contributed by atoms with van der Waals surface area (Å²) in [6.45, 7) is 2.87. The van der Waals surface area contributed by atoms with Crippen LogP contribution < -0.4 is 10.6 Å². The number of benzene rings is 2. The van der Waals surface area contributed by atoms with Crippen LogP contribution in [0.2, 0.25) is 0 Å². The minimum absolute atomic E-state index is 0.0103. The molecule has 8 nitrogen and oxygen atoms in total. The number of likely N-dealkylation sites (tertiary alicyclic amines) is 2. The van der Waals surface area contributed by atoms with Crippen LogP contribution >= 0.6 is 0 Å². The highest BCUT2D eigenvalue weighted by Gasteiger charge is 2.33. The third-order valence-corrected chi connectivity index (χ3v) is 8.25. The number of hydrogen-bond donors (Lipinski definition) is 2. The van der Waals surface area contributed by atoms with Crippen LogP contribution in [0.25, 0.3) is 0 Å². The molecule has 8 heteroatoms. The lowest BCUT2D eigenvalue weighted by molar-refractivity contribution is -0.140. The van der Waals surface area contributed by atoms with E-state index in [0.29, 0.717) is 42.9 Å². The summed E-state index contributed by atoms with van der Waals surface area (Å²) in [5.74, 6) is 0.190. The van der Waals surface area contributed by atoms with Gasteiger partial charge in [-0.05, 0) is 80.8 Å². The molecule has 0 spiro atoms. The molecule has 5 rings (SSSR count). The van der Waals surface area contributed by atoms with Gasteiger partial charge in [0, 0.05) is 55.0 Å². The van der Waals surface area contributed by atoms with E-state index in [4.69, 9.17) is 0 Å². The van der Waals surface area contributed by atoms with Gasteiger partial charge in [-0.15, -0.1) is 0 Å². The molecule has 2 saturated heterocycles. The van der Waals surface area contributed by atoms with Gasteiger partial charge in [-0.25, -0.2) is 0 Å². The number of amides is 4. The SMILES string of the molecule is O=C(Cc1ccc(NC(=O)C2CCN(C(=O)C3CCC3)CC2)cc1)Nc1cccc(C(=O)N2CCCCC2)c1. The summed E-state index contributed by atoms with van der Waals surface area (Å²) < 4.78 is 0. The summed E-state index contributed by atoms with van der Waals surface area (Å²) in [7, 11) is 0. The van der Waals surface area contributed by atoms with Crippen molar-refractivity contribution in [1.82, 2.24) is 9.80 Å². The van der Waals surface area contributed by atoms with Crippen molar-refractivity contribution >= 4 is 35.0 Å². The van der Waals surface area contributed by atoms with Crippen molar-refractivity contribution in [3.05, 3.63) is 59.7 Å². The van der Waals surface area contributed by atoms with E-state index in [1.165, 1.54) is 0 Å². The van der Waals surface area contributed by atoms with Gasteiger partial charge >= 0.3 is 0 Å². The van der Waals surface area contributed by atoms with Gasteiger partial charge in [0.2, 0.25) is 17.7 Å². The fourth-order valence-corrected chi connectivity index (χ4v) is 5.63. The normalized spacial score (nSPS) is 18.3. The Hall–Kier alpha value is -3.68. The van der Waals surface area contributed by atoms with Crippen molar-refractivity contribution in [1.29, 1.82) is 0 Å². The molecular formula is C31H38N4O4. The molecule has 2 heterocycles. The van der Waals surface area contributed by atoms with Gasteiger partial charge in [-0.1, -0.05) is 24.6 Å². The Labute approximate surface area is 230 Å². The van der Waals surface area contributed by atoms with E-state index >= 15 is 0 Å². The molecule has 1 aliphatic carbocycles. The molecule has 0 unspecified atom stereocenters. The third-order valence-electron chi connectivity index (χ3n) is 8.25. The number of nitrogens with zero attached hydrogens (tertiary/aromatic N) is 2. The Morgan fingerprint density at radius 2 is 1.41 bits per heavy atom. The summed E-state index contributed by atoms with van der Waals surface area (Å²) in [4.78, 5) is 54.5. The largest absolute Gasteiger partial charge is 0.342 e. The second kappa shape index (κ2) is 12.5. The predicted molar refractivity (Wildman–Crippen MR) is 150 cm³/mol. The van der Waals surface area contributed by atoms with Crippen LogP contribution in [0.5, 0.6) is 0 Å². The van der Waals surface area contributed by atoms with Crippen LogP contribution in [0.3, 0.4) is 0 Å². The molecule has 3 fully saturated rings. The van der Waals surface area contributed by atoms with Crippen LogP contribution in [-0.2, 0) is 20.8 Å². The zero-order valence-electron chi connectivity index (χ0n) is 22.5. The van der Waals surface area contributed by atoms with E-state index in [9.17, 15) is 19.2 Å². The highest BCUT2D eigenvalue weighted by molar-refractivity contribution is 5.98. The molecule has 2 aromatic carbocycles. The number of anilines is 2.